The van der Waals surface area contributed by atoms with Crippen LogP contribution in [0.3, 0.4) is 0 Å². The van der Waals surface area contributed by atoms with Gasteiger partial charge in [0.05, 0.1) is 12.2 Å². The first kappa shape index (κ1) is 21.6. The van der Waals surface area contributed by atoms with Gasteiger partial charge in [-0.3, -0.25) is 4.79 Å². The van der Waals surface area contributed by atoms with E-state index in [2.05, 4.69) is 10.0 Å². The van der Waals surface area contributed by atoms with Crippen molar-refractivity contribution < 1.29 is 18.0 Å². The Morgan fingerprint density at radius 2 is 1.79 bits per heavy atom. The Morgan fingerprint density at radius 3 is 2.52 bits per heavy atom. The summed E-state index contributed by atoms with van der Waals surface area (Å²) in [5.41, 5.74) is 1.81. The lowest BCUT2D eigenvalue weighted by Gasteiger charge is -2.38. The molecule has 9 heteroatoms. The van der Waals surface area contributed by atoms with Gasteiger partial charge in [-0.25, -0.2) is 17.9 Å². The molecule has 1 aromatic rings. The van der Waals surface area contributed by atoms with Crippen molar-refractivity contribution in [3.8, 4) is 0 Å². The number of nitrogens with zero attached hydrogens (tertiary/aromatic N) is 2. The normalized spacial score (nSPS) is 23.0. The minimum Gasteiger partial charge on any atom is -0.341 e. The molecule has 0 aromatic heterocycles. The monoisotopic (exact) mass is 422 g/mol. The number of benzene rings is 1. The van der Waals surface area contributed by atoms with Crippen LogP contribution in [-0.4, -0.2) is 68.6 Å². The van der Waals surface area contributed by atoms with Crippen molar-refractivity contribution in [2.75, 3.05) is 37.8 Å². The number of urea groups is 1. The highest BCUT2D eigenvalue weighted by Gasteiger charge is 2.33. The maximum atomic E-state index is 13.0. The second kappa shape index (κ2) is 9.13. The molecule has 0 spiro atoms. The fourth-order valence-corrected chi connectivity index (χ4v) is 4.92. The summed E-state index contributed by atoms with van der Waals surface area (Å²) in [4.78, 5) is 29.1. The van der Waals surface area contributed by atoms with E-state index in [0.717, 1.165) is 43.2 Å². The smallest absolute Gasteiger partial charge is 0.321 e. The van der Waals surface area contributed by atoms with Gasteiger partial charge in [-0.2, -0.15) is 0 Å². The van der Waals surface area contributed by atoms with Gasteiger partial charge in [0.1, 0.15) is 0 Å². The Bertz CT molecular complexity index is 858. The van der Waals surface area contributed by atoms with Crippen LogP contribution in [-0.2, 0) is 14.8 Å². The summed E-state index contributed by atoms with van der Waals surface area (Å²) in [6.07, 6.45) is 4.15. The van der Waals surface area contributed by atoms with Crippen molar-refractivity contribution in [2.24, 2.45) is 5.92 Å². The lowest BCUT2D eigenvalue weighted by atomic mass is 9.95. The topological polar surface area (TPSA) is 98.8 Å². The lowest BCUT2D eigenvalue weighted by molar-refractivity contribution is -0.138. The van der Waals surface area contributed by atoms with Crippen molar-refractivity contribution in [1.82, 2.24) is 14.5 Å². The van der Waals surface area contributed by atoms with E-state index in [1.54, 1.807) is 9.80 Å². The summed E-state index contributed by atoms with van der Waals surface area (Å²) < 4.78 is 25.6. The van der Waals surface area contributed by atoms with Gasteiger partial charge >= 0.3 is 6.03 Å². The number of hydrogen-bond acceptors (Lipinski definition) is 4. The summed E-state index contributed by atoms with van der Waals surface area (Å²) in [5.74, 6) is -0.234. The molecular formula is C20H30N4O4S. The van der Waals surface area contributed by atoms with Gasteiger partial charge in [0.25, 0.3) is 0 Å². The molecule has 2 unspecified atom stereocenters. The second-order valence-electron chi connectivity index (χ2n) is 8.10. The molecule has 1 aromatic carbocycles. The molecule has 0 saturated carbocycles. The SMILES string of the molecule is Cc1cccc(NC(=O)N2CCCC(C(=O)N3CCCC(NS(C)(=O)=O)C3)C2)c1. The number of likely N-dealkylation sites (tertiary alicyclic amines) is 2. The number of rotatable bonds is 4. The molecule has 2 heterocycles. The molecule has 2 saturated heterocycles. The van der Waals surface area contributed by atoms with Gasteiger partial charge in [-0.1, -0.05) is 12.1 Å². The summed E-state index contributed by atoms with van der Waals surface area (Å²) in [6.45, 7) is 4.00. The highest BCUT2D eigenvalue weighted by molar-refractivity contribution is 7.88. The van der Waals surface area contributed by atoms with Gasteiger partial charge < -0.3 is 15.1 Å². The van der Waals surface area contributed by atoms with Crippen molar-refractivity contribution in [3.05, 3.63) is 29.8 Å². The molecule has 29 heavy (non-hydrogen) atoms. The molecule has 3 amide bonds. The number of hydrogen-bond donors (Lipinski definition) is 2. The fraction of sp³-hybridized carbons (Fsp3) is 0.600. The molecule has 8 nitrogen and oxygen atoms in total. The summed E-state index contributed by atoms with van der Waals surface area (Å²) in [7, 11) is -3.30. The molecule has 2 aliphatic rings. The molecule has 2 N–H and O–H groups in total. The Balaban J connectivity index is 1.58. The molecule has 3 rings (SSSR count). The van der Waals surface area contributed by atoms with E-state index in [4.69, 9.17) is 0 Å². The first-order valence-electron chi connectivity index (χ1n) is 10.1. The molecule has 160 valence electrons. The maximum Gasteiger partial charge on any atom is 0.321 e. The first-order chi connectivity index (χ1) is 13.7. The van der Waals surface area contributed by atoms with E-state index < -0.39 is 10.0 Å². The van der Waals surface area contributed by atoms with Crippen molar-refractivity contribution in [3.63, 3.8) is 0 Å². The van der Waals surface area contributed by atoms with Crippen LogP contribution >= 0.6 is 0 Å². The van der Waals surface area contributed by atoms with E-state index in [-0.39, 0.29) is 23.9 Å². The van der Waals surface area contributed by atoms with Gasteiger partial charge in [-0.15, -0.1) is 0 Å². The average molecular weight is 423 g/mol. The van der Waals surface area contributed by atoms with E-state index >= 15 is 0 Å². The van der Waals surface area contributed by atoms with Crippen molar-refractivity contribution in [2.45, 2.75) is 38.6 Å². The third kappa shape index (κ3) is 6.17. The zero-order valence-corrected chi connectivity index (χ0v) is 17.9. The highest BCUT2D eigenvalue weighted by atomic mass is 32.2. The zero-order valence-electron chi connectivity index (χ0n) is 17.1. The van der Waals surface area contributed by atoms with Crippen LogP contribution in [0.2, 0.25) is 0 Å². The van der Waals surface area contributed by atoms with Gasteiger partial charge in [0, 0.05) is 37.9 Å². The number of anilines is 1. The summed E-state index contributed by atoms with van der Waals surface area (Å²) in [6, 6.07) is 7.18. The molecule has 2 atom stereocenters. The summed E-state index contributed by atoms with van der Waals surface area (Å²) in [5, 5.41) is 2.91. The first-order valence-corrected chi connectivity index (χ1v) is 12.0. The molecule has 2 aliphatic heterocycles. The van der Waals surface area contributed by atoms with Gasteiger partial charge in [0.15, 0.2) is 0 Å². The number of piperidine rings is 2. The highest BCUT2D eigenvalue weighted by Crippen LogP contribution is 2.22. The molecule has 2 fully saturated rings. The van der Waals surface area contributed by atoms with Crippen LogP contribution in [0.4, 0.5) is 10.5 Å². The van der Waals surface area contributed by atoms with E-state index in [1.165, 1.54) is 0 Å². The summed E-state index contributed by atoms with van der Waals surface area (Å²) >= 11 is 0. The van der Waals surface area contributed by atoms with Gasteiger partial charge in [0.2, 0.25) is 15.9 Å². The molecular weight excluding hydrogens is 392 g/mol. The van der Waals surface area contributed by atoms with Crippen molar-refractivity contribution >= 4 is 27.6 Å². The lowest BCUT2D eigenvalue weighted by Crippen LogP contribution is -2.53. The number of aryl methyl sites for hydroxylation is 1. The zero-order chi connectivity index (χ0) is 21.0. The number of amides is 3. The predicted molar refractivity (Wildman–Crippen MR) is 112 cm³/mol. The number of nitrogens with one attached hydrogen (secondary N) is 2. The quantitative estimate of drug-likeness (QED) is 0.773. The average Bonchev–Trinajstić information content (AvgIpc) is 2.66. The fourth-order valence-electron chi connectivity index (χ4n) is 4.12. The Kier molecular flexibility index (Phi) is 6.79. The number of carbonyl (C=O) groups excluding carboxylic acids is 2. The molecule has 0 bridgehead atoms. The van der Waals surface area contributed by atoms with Gasteiger partial charge in [-0.05, 0) is 50.3 Å². The van der Waals surface area contributed by atoms with E-state index in [1.807, 2.05) is 31.2 Å². The maximum absolute atomic E-state index is 13.0. The minimum atomic E-state index is -3.30. The Labute approximate surface area is 172 Å². The predicted octanol–water partition coefficient (Wildman–Crippen LogP) is 1.78. The van der Waals surface area contributed by atoms with Crippen LogP contribution in [0.25, 0.3) is 0 Å². The minimum absolute atomic E-state index is 0.0121. The number of sulfonamides is 1. The van der Waals surface area contributed by atoms with Crippen LogP contribution in [0, 0.1) is 12.8 Å². The second-order valence-corrected chi connectivity index (χ2v) is 9.88. The standard InChI is InChI=1S/C20H30N4O4S/c1-15-6-3-8-17(12-15)21-20(26)24-11-4-7-16(13-24)19(25)23-10-5-9-18(14-23)22-29(2,27)28/h3,6,8,12,16,18,22H,4-5,7,9-11,13-14H2,1-2H3,(H,21,26). The molecule has 0 aliphatic carbocycles. The Morgan fingerprint density at radius 1 is 1.07 bits per heavy atom. The number of carbonyl (C=O) groups is 2. The van der Waals surface area contributed by atoms with Crippen LogP contribution < -0.4 is 10.0 Å². The van der Waals surface area contributed by atoms with E-state index in [0.29, 0.717) is 26.2 Å². The van der Waals surface area contributed by atoms with Crippen LogP contribution in [0.5, 0.6) is 0 Å². The largest absolute Gasteiger partial charge is 0.341 e. The third-order valence-electron chi connectivity index (χ3n) is 5.44. The molecule has 0 radical (unpaired) electrons. The van der Waals surface area contributed by atoms with Crippen LogP contribution in [0.15, 0.2) is 24.3 Å². The van der Waals surface area contributed by atoms with E-state index in [9.17, 15) is 18.0 Å². The van der Waals surface area contributed by atoms with Crippen molar-refractivity contribution in [1.29, 1.82) is 0 Å². The third-order valence-corrected chi connectivity index (χ3v) is 6.20. The van der Waals surface area contributed by atoms with Crippen LogP contribution in [0.1, 0.15) is 31.2 Å². The Hall–Kier alpha value is -2.13.